The van der Waals surface area contributed by atoms with Crippen molar-refractivity contribution in [2.45, 2.75) is 18.2 Å². The Morgan fingerprint density at radius 1 is 1.26 bits per heavy atom. The third-order valence-corrected chi connectivity index (χ3v) is 4.98. The molecule has 4 aliphatic rings. The molecule has 4 unspecified atom stereocenters. The third kappa shape index (κ3) is 1.49. The molecule has 7 nitrogen and oxygen atoms in total. The molecule has 0 aromatic carbocycles. The molecule has 0 aromatic rings. The topological polar surface area (TPSA) is 82.7 Å². The Labute approximate surface area is 111 Å². The molecule has 4 fully saturated rings. The molecule has 4 atom stereocenters. The lowest BCUT2D eigenvalue weighted by atomic mass is 9.68. The summed E-state index contributed by atoms with van der Waals surface area (Å²) in [4.78, 5) is 25.5. The lowest BCUT2D eigenvalue weighted by Crippen LogP contribution is -2.75. The summed E-state index contributed by atoms with van der Waals surface area (Å²) in [6.45, 7) is 3.97. The Bertz CT molecular complexity index is 443. The summed E-state index contributed by atoms with van der Waals surface area (Å²) in [5, 5.41) is 9.05. The van der Waals surface area contributed by atoms with Crippen LogP contribution >= 0.6 is 0 Å². The minimum Gasteiger partial charge on any atom is -0.374 e. The maximum absolute atomic E-state index is 11.8. The Kier molecular flexibility index (Phi) is 2.39. The van der Waals surface area contributed by atoms with Crippen molar-refractivity contribution < 1.29 is 14.3 Å². The van der Waals surface area contributed by atoms with Crippen LogP contribution in [0.1, 0.15) is 0 Å². The Hall–Kier alpha value is -1.18. The van der Waals surface area contributed by atoms with Gasteiger partial charge in [0.15, 0.2) is 0 Å². The fraction of sp³-hybridized carbons (Fsp3) is 0.833. The number of carbonyl (C=O) groups is 2. The molecule has 7 heteroatoms. The molecular formula is C12H18N4O3. The number of morpholine rings is 1. The first-order valence-corrected chi connectivity index (χ1v) is 6.84. The van der Waals surface area contributed by atoms with Gasteiger partial charge in [-0.1, -0.05) is 0 Å². The van der Waals surface area contributed by atoms with E-state index >= 15 is 0 Å². The molecule has 2 amide bonds. The number of hydrogen-bond acceptors (Lipinski definition) is 5. The van der Waals surface area contributed by atoms with E-state index < -0.39 is 0 Å². The van der Waals surface area contributed by atoms with Gasteiger partial charge in [-0.25, -0.2) is 0 Å². The number of amides is 2. The van der Waals surface area contributed by atoms with E-state index in [9.17, 15) is 9.59 Å². The summed E-state index contributed by atoms with van der Waals surface area (Å²) >= 11 is 0. The predicted octanol–water partition coefficient (Wildman–Crippen LogP) is -2.73. The lowest BCUT2D eigenvalue weighted by Gasteiger charge is -2.55. The summed E-state index contributed by atoms with van der Waals surface area (Å²) in [6, 6.07) is 0.0545. The molecule has 0 bridgehead atoms. The fourth-order valence-electron chi connectivity index (χ4n) is 3.91. The highest BCUT2D eigenvalue weighted by Gasteiger charge is 2.63. The number of nitrogens with zero attached hydrogens (tertiary/aromatic N) is 1. The molecule has 4 saturated heterocycles. The van der Waals surface area contributed by atoms with E-state index in [0.29, 0.717) is 26.2 Å². The van der Waals surface area contributed by atoms with Gasteiger partial charge in [0, 0.05) is 26.2 Å². The van der Waals surface area contributed by atoms with Crippen molar-refractivity contribution in [2.75, 3.05) is 39.3 Å². The molecule has 4 rings (SSSR count). The van der Waals surface area contributed by atoms with Gasteiger partial charge in [0.2, 0.25) is 11.8 Å². The normalized spacial score (nSPS) is 45.8. The van der Waals surface area contributed by atoms with E-state index in [2.05, 4.69) is 20.9 Å². The van der Waals surface area contributed by atoms with Gasteiger partial charge in [-0.05, 0) is 0 Å². The van der Waals surface area contributed by atoms with Gasteiger partial charge in [0.25, 0.3) is 0 Å². The standard InChI is InChI=1S/C12H18N4O3/c17-8-4-16-1-2-19-10(7(16)3-13-8)12-5-14-9(12)11(18)15-6-12/h7,9-10,14H,1-6H2,(H,13,17)(H,15,18). The summed E-state index contributed by atoms with van der Waals surface area (Å²) < 4.78 is 6.01. The van der Waals surface area contributed by atoms with Crippen LogP contribution in [0, 0.1) is 5.41 Å². The van der Waals surface area contributed by atoms with Crippen molar-refractivity contribution in [3.05, 3.63) is 0 Å². The first-order valence-electron chi connectivity index (χ1n) is 6.84. The van der Waals surface area contributed by atoms with Crippen molar-refractivity contribution in [3.8, 4) is 0 Å². The maximum Gasteiger partial charge on any atom is 0.237 e. The molecule has 104 valence electrons. The molecule has 0 saturated carbocycles. The van der Waals surface area contributed by atoms with E-state index in [1.54, 1.807) is 0 Å². The quantitative estimate of drug-likeness (QED) is 0.480. The third-order valence-electron chi connectivity index (χ3n) is 4.98. The number of nitrogens with one attached hydrogen (secondary N) is 3. The molecule has 3 N–H and O–H groups in total. The average molecular weight is 266 g/mol. The van der Waals surface area contributed by atoms with Gasteiger partial charge >= 0.3 is 0 Å². The van der Waals surface area contributed by atoms with Crippen LogP contribution in [0.5, 0.6) is 0 Å². The van der Waals surface area contributed by atoms with Gasteiger partial charge in [-0.2, -0.15) is 0 Å². The minimum absolute atomic E-state index is 0.00653. The highest BCUT2D eigenvalue weighted by atomic mass is 16.5. The van der Waals surface area contributed by atoms with Crippen molar-refractivity contribution in [3.63, 3.8) is 0 Å². The molecule has 19 heavy (non-hydrogen) atoms. The Morgan fingerprint density at radius 3 is 2.89 bits per heavy atom. The molecule has 4 aliphatic heterocycles. The van der Waals surface area contributed by atoms with Gasteiger partial charge in [0.05, 0.1) is 36.8 Å². The highest BCUT2D eigenvalue weighted by Crippen LogP contribution is 2.42. The zero-order valence-electron chi connectivity index (χ0n) is 10.6. The van der Waals surface area contributed by atoms with E-state index in [4.69, 9.17) is 4.74 Å². The first kappa shape index (κ1) is 11.6. The van der Waals surface area contributed by atoms with Crippen LogP contribution in [0.4, 0.5) is 0 Å². The van der Waals surface area contributed by atoms with Crippen molar-refractivity contribution >= 4 is 11.8 Å². The van der Waals surface area contributed by atoms with Gasteiger partial charge in [-0.3, -0.25) is 14.5 Å². The van der Waals surface area contributed by atoms with Gasteiger partial charge < -0.3 is 20.7 Å². The minimum atomic E-state index is -0.136. The second-order valence-corrected chi connectivity index (χ2v) is 5.90. The van der Waals surface area contributed by atoms with E-state index in [1.807, 2.05) is 0 Å². The first-order chi connectivity index (χ1) is 9.21. The zero-order chi connectivity index (χ0) is 13.0. The molecule has 0 aliphatic carbocycles. The van der Waals surface area contributed by atoms with Crippen LogP contribution in [0.15, 0.2) is 0 Å². The second-order valence-electron chi connectivity index (χ2n) is 5.90. The van der Waals surface area contributed by atoms with E-state index in [1.165, 1.54) is 0 Å². The van der Waals surface area contributed by atoms with Crippen molar-refractivity contribution in [1.82, 2.24) is 20.9 Å². The lowest BCUT2D eigenvalue weighted by molar-refractivity contribution is -0.165. The molecule has 0 radical (unpaired) electrons. The number of ether oxygens (including phenoxy) is 1. The Morgan fingerprint density at radius 2 is 2.16 bits per heavy atom. The molecule has 4 heterocycles. The number of fused-ring (bicyclic) bond motifs is 2. The number of piperazine rings is 1. The van der Waals surface area contributed by atoms with Crippen LogP contribution in [0.2, 0.25) is 0 Å². The molecule has 0 aromatic heterocycles. The Balaban J connectivity index is 1.60. The smallest absolute Gasteiger partial charge is 0.237 e. The zero-order valence-corrected chi connectivity index (χ0v) is 10.6. The predicted molar refractivity (Wildman–Crippen MR) is 65.3 cm³/mol. The largest absolute Gasteiger partial charge is 0.374 e. The van der Waals surface area contributed by atoms with E-state index in [0.717, 1.165) is 13.1 Å². The summed E-state index contributed by atoms with van der Waals surface area (Å²) in [6.07, 6.45) is 0.00653. The second kappa shape index (κ2) is 3.91. The highest BCUT2D eigenvalue weighted by molar-refractivity contribution is 5.87. The van der Waals surface area contributed by atoms with Crippen LogP contribution in [0.3, 0.4) is 0 Å². The molecule has 0 spiro atoms. The summed E-state index contributed by atoms with van der Waals surface area (Å²) in [7, 11) is 0. The SMILES string of the molecule is O=C1CN2CCOC(C34CNC(=O)C3NC4)C2CN1. The summed E-state index contributed by atoms with van der Waals surface area (Å²) in [5.41, 5.74) is -0.136. The summed E-state index contributed by atoms with van der Waals surface area (Å²) in [5.74, 6) is 0.158. The van der Waals surface area contributed by atoms with Crippen LogP contribution in [-0.2, 0) is 14.3 Å². The van der Waals surface area contributed by atoms with Crippen molar-refractivity contribution in [1.29, 1.82) is 0 Å². The average Bonchev–Trinajstić information content (AvgIpc) is 2.59. The monoisotopic (exact) mass is 266 g/mol. The van der Waals surface area contributed by atoms with Gasteiger partial charge in [-0.15, -0.1) is 0 Å². The van der Waals surface area contributed by atoms with Crippen LogP contribution < -0.4 is 16.0 Å². The van der Waals surface area contributed by atoms with Crippen molar-refractivity contribution in [2.24, 2.45) is 5.41 Å². The molecular weight excluding hydrogens is 248 g/mol. The number of rotatable bonds is 1. The number of hydrogen-bond donors (Lipinski definition) is 3. The van der Waals surface area contributed by atoms with Crippen LogP contribution in [-0.4, -0.2) is 74.2 Å². The van der Waals surface area contributed by atoms with Crippen LogP contribution in [0.25, 0.3) is 0 Å². The number of carbonyl (C=O) groups excluding carboxylic acids is 2. The maximum atomic E-state index is 11.8. The fourth-order valence-corrected chi connectivity index (χ4v) is 3.91. The van der Waals surface area contributed by atoms with Gasteiger partial charge in [0.1, 0.15) is 0 Å². The van der Waals surface area contributed by atoms with E-state index in [-0.39, 0.29) is 35.4 Å².